The lowest BCUT2D eigenvalue weighted by Gasteiger charge is -2.50. The van der Waals surface area contributed by atoms with Crippen LogP contribution < -0.4 is 0 Å². The van der Waals surface area contributed by atoms with Gasteiger partial charge in [-0.15, -0.1) is 0 Å². The summed E-state index contributed by atoms with van der Waals surface area (Å²) in [6.07, 6.45) is -3.10. The predicted octanol–water partition coefficient (Wildman–Crippen LogP) is 3.03. The molecule has 1 fully saturated rings. The van der Waals surface area contributed by atoms with Crippen LogP contribution in [0.25, 0.3) is 0 Å². The van der Waals surface area contributed by atoms with E-state index in [-0.39, 0.29) is 30.6 Å². The van der Waals surface area contributed by atoms with E-state index >= 15 is 0 Å². The Morgan fingerprint density at radius 3 is 1.96 bits per heavy atom. The molecular weight excluding hydrogens is 379 g/mol. The topological polar surface area (TPSA) is 43.9 Å². The summed E-state index contributed by atoms with van der Waals surface area (Å²) in [6.45, 7) is 14.0. The molecule has 162 valence electrons. The van der Waals surface area contributed by atoms with Gasteiger partial charge in [0, 0.05) is 43.8 Å². The van der Waals surface area contributed by atoms with Crippen molar-refractivity contribution in [1.82, 2.24) is 14.1 Å². The van der Waals surface area contributed by atoms with Crippen LogP contribution in [0.15, 0.2) is 0 Å². The zero-order chi connectivity index (χ0) is 21.4. The van der Waals surface area contributed by atoms with Crippen molar-refractivity contribution in [3.63, 3.8) is 0 Å². The van der Waals surface area contributed by atoms with Gasteiger partial charge in [0.25, 0.3) is 0 Å². The molecule has 27 heavy (non-hydrogen) atoms. The highest BCUT2D eigenvalue weighted by molar-refractivity contribution is 7.88. The van der Waals surface area contributed by atoms with Crippen molar-refractivity contribution in [3.05, 3.63) is 0 Å². The maximum Gasteiger partial charge on any atom is 0.401 e. The van der Waals surface area contributed by atoms with Crippen LogP contribution in [0, 0.1) is 5.41 Å². The van der Waals surface area contributed by atoms with Crippen molar-refractivity contribution < 1.29 is 21.6 Å². The minimum atomic E-state index is -4.26. The second kappa shape index (κ2) is 8.16. The first-order valence-electron chi connectivity index (χ1n) is 9.35. The monoisotopic (exact) mass is 415 g/mol. The zero-order valence-corrected chi connectivity index (χ0v) is 18.7. The van der Waals surface area contributed by atoms with E-state index in [1.807, 2.05) is 20.8 Å². The van der Waals surface area contributed by atoms with E-state index in [2.05, 4.69) is 32.6 Å². The molecule has 1 aliphatic rings. The quantitative estimate of drug-likeness (QED) is 0.692. The smallest absolute Gasteiger partial charge is 0.293 e. The fourth-order valence-electron chi connectivity index (χ4n) is 3.60. The van der Waals surface area contributed by atoms with Crippen LogP contribution in [0.4, 0.5) is 13.2 Å². The van der Waals surface area contributed by atoms with Crippen molar-refractivity contribution in [1.29, 1.82) is 0 Å². The minimum absolute atomic E-state index is 0.0674. The highest BCUT2D eigenvalue weighted by atomic mass is 32.2. The second-order valence-corrected chi connectivity index (χ2v) is 11.7. The molecule has 9 heteroatoms. The molecule has 0 bridgehead atoms. The van der Waals surface area contributed by atoms with Crippen LogP contribution >= 0.6 is 0 Å². The van der Waals surface area contributed by atoms with Gasteiger partial charge >= 0.3 is 6.18 Å². The molecule has 1 rings (SSSR count). The van der Waals surface area contributed by atoms with E-state index in [4.69, 9.17) is 0 Å². The number of hydrogen-bond donors (Lipinski definition) is 0. The van der Waals surface area contributed by atoms with E-state index < -0.39 is 28.3 Å². The lowest BCUT2D eigenvalue weighted by molar-refractivity contribution is -0.154. The second-order valence-electron chi connectivity index (χ2n) is 9.75. The Balaban J connectivity index is 3.16. The average molecular weight is 416 g/mol. The Bertz CT molecular complexity index is 594. The maximum absolute atomic E-state index is 12.9. The third-order valence-electron chi connectivity index (χ3n) is 5.29. The lowest BCUT2D eigenvalue weighted by Crippen LogP contribution is -2.63. The molecule has 2 atom stereocenters. The molecule has 5 nitrogen and oxygen atoms in total. The van der Waals surface area contributed by atoms with Gasteiger partial charge in [-0.1, -0.05) is 20.8 Å². The Kier molecular flexibility index (Phi) is 7.45. The lowest BCUT2D eigenvalue weighted by atomic mass is 9.85. The normalized spacial score (nSPS) is 23.0. The van der Waals surface area contributed by atoms with Gasteiger partial charge in [-0.05, 0) is 33.1 Å². The van der Waals surface area contributed by atoms with Crippen LogP contribution in [0.5, 0.6) is 0 Å². The molecular formula is C18H36F3N3O2S. The number of alkyl halides is 3. The summed E-state index contributed by atoms with van der Waals surface area (Å²) >= 11 is 0. The van der Waals surface area contributed by atoms with Crippen LogP contribution in [-0.2, 0) is 10.0 Å². The van der Waals surface area contributed by atoms with Gasteiger partial charge < -0.3 is 0 Å². The summed E-state index contributed by atoms with van der Waals surface area (Å²) in [5.74, 6) is 0. The number of rotatable bonds is 5. The summed E-state index contributed by atoms with van der Waals surface area (Å²) in [5, 5.41) is 0. The van der Waals surface area contributed by atoms with E-state index in [9.17, 15) is 21.6 Å². The van der Waals surface area contributed by atoms with E-state index in [0.29, 0.717) is 13.1 Å². The molecule has 0 aromatic rings. The molecule has 1 aliphatic heterocycles. The summed E-state index contributed by atoms with van der Waals surface area (Å²) in [6, 6.07) is -0.193. The fourth-order valence-corrected chi connectivity index (χ4v) is 5.04. The molecule has 1 saturated heterocycles. The van der Waals surface area contributed by atoms with Crippen molar-refractivity contribution in [3.8, 4) is 0 Å². The minimum Gasteiger partial charge on any atom is -0.293 e. The van der Waals surface area contributed by atoms with Crippen LogP contribution in [0.3, 0.4) is 0 Å². The van der Waals surface area contributed by atoms with Crippen LogP contribution in [0.2, 0.25) is 0 Å². The largest absolute Gasteiger partial charge is 0.401 e. The first kappa shape index (κ1) is 24.7. The zero-order valence-electron chi connectivity index (χ0n) is 17.9. The molecule has 0 spiro atoms. The Morgan fingerprint density at radius 1 is 1.07 bits per heavy atom. The average Bonchev–Trinajstić information content (AvgIpc) is 2.39. The summed E-state index contributed by atoms with van der Waals surface area (Å²) < 4.78 is 64.8. The van der Waals surface area contributed by atoms with Crippen molar-refractivity contribution in [2.45, 2.75) is 72.3 Å². The number of hydrogen-bond acceptors (Lipinski definition) is 4. The first-order valence-corrected chi connectivity index (χ1v) is 11.2. The van der Waals surface area contributed by atoms with Gasteiger partial charge in [0.15, 0.2) is 0 Å². The number of piperazine rings is 1. The third-order valence-corrected chi connectivity index (χ3v) is 6.79. The highest BCUT2D eigenvalue weighted by Gasteiger charge is 2.41. The van der Waals surface area contributed by atoms with Gasteiger partial charge in [0.1, 0.15) is 0 Å². The molecule has 0 aromatic carbocycles. The molecule has 0 N–H and O–H groups in total. The fraction of sp³-hybridized carbons (Fsp3) is 1.00. The standard InChI is InChI=1S/C18H36F3N3O2S/c1-14(16(2,3)4)23-10-9-22(13-18(19,20)21)11-15(23)12-24(17(5,6)7)27(8,25)26/h14-15H,9-13H2,1-8H3. The molecule has 0 radical (unpaired) electrons. The SMILES string of the molecule is CC(N1CCN(CC(F)(F)F)CC1CN(C(C)(C)C)S(C)(=O)=O)C(C)(C)C. The number of nitrogens with zero attached hydrogens (tertiary/aromatic N) is 3. The summed E-state index contributed by atoms with van der Waals surface area (Å²) in [5.41, 5.74) is -0.710. The summed E-state index contributed by atoms with van der Waals surface area (Å²) in [4.78, 5) is 3.57. The van der Waals surface area contributed by atoms with Crippen molar-refractivity contribution >= 4 is 10.0 Å². The predicted molar refractivity (Wildman–Crippen MR) is 103 cm³/mol. The van der Waals surface area contributed by atoms with Gasteiger partial charge in [0.05, 0.1) is 12.8 Å². The van der Waals surface area contributed by atoms with E-state index in [1.54, 1.807) is 0 Å². The molecule has 2 unspecified atom stereocenters. The third kappa shape index (κ3) is 7.51. The van der Waals surface area contributed by atoms with Crippen molar-refractivity contribution in [2.75, 3.05) is 39.0 Å². The van der Waals surface area contributed by atoms with Gasteiger partial charge in [-0.3, -0.25) is 9.80 Å². The Hall–Kier alpha value is -0.380. The maximum atomic E-state index is 12.9. The first-order chi connectivity index (χ1) is 11.8. The van der Waals surface area contributed by atoms with Crippen LogP contribution in [0.1, 0.15) is 48.5 Å². The molecule has 0 aromatic heterocycles. The van der Waals surface area contributed by atoms with Crippen LogP contribution in [-0.4, -0.2) is 85.3 Å². The molecule has 1 heterocycles. The van der Waals surface area contributed by atoms with Gasteiger partial charge in [-0.2, -0.15) is 17.5 Å². The Labute approximate surface area is 162 Å². The molecule has 0 aliphatic carbocycles. The molecule has 0 saturated carbocycles. The Morgan fingerprint density at radius 2 is 1.59 bits per heavy atom. The summed E-state index contributed by atoms with van der Waals surface area (Å²) in [7, 11) is -3.49. The highest BCUT2D eigenvalue weighted by Crippen LogP contribution is 2.30. The van der Waals surface area contributed by atoms with Gasteiger partial charge in [0.2, 0.25) is 10.0 Å². The molecule has 0 amide bonds. The number of sulfonamides is 1. The number of halogens is 3. The van der Waals surface area contributed by atoms with Gasteiger partial charge in [-0.25, -0.2) is 8.42 Å². The van der Waals surface area contributed by atoms with E-state index in [1.165, 1.54) is 9.21 Å². The van der Waals surface area contributed by atoms with Crippen molar-refractivity contribution in [2.24, 2.45) is 5.41 Å². The van der Waals surface area contributed by atoms with E-state index in [0.717, 1.165) is 6.26 Å².